The number of benzene rings is 3. The van der Waals surface area contributed by atoms with Crippen molar-refractivity contribution in [3.8, 4) is 5.75 Å². The molecule has 0 aliphatic heterocycles. The summed E-state index contributed by atoms with van der Waals surface area (Å²) >= 11 is 0. The number of fused-ring (bicyclic) bond motifs is 1. The van der Waals surface area contributed by atoms with E-state index in [4.69, 9.17) is 9.16 Å². The number of H-pyrrole nitrogens is 1. The third-order valence-corrected chi connectivity index (χ3v) is 13.7. The fraction of sp³-hybridized carbons (Fsp3) is 0.382. The molecule has 4 N–H and O–H groups in total. The maximum Gasteiger partial charge on any atom is 0.335 e. The first-order valence-corrected chi connectivity index (χ1v) is 19.9. The van der Waals surface area contributed by atoms with Gasteiger partial charge in [-0.3, -0.25) is 4.72 Å². The topological polar surface area (TPSA) is 130 Å². The second kappa shape index (κ2) is 15.1. The molecule has 0 aliphatic carbocycles. The zero-order chi connectivity index (χ0) is 32.6. The van der Waals surface area contributed by atoms with Crippen molar-refractivity contribution in [3.63, 3.8) is 0 Å². The Morgan fingerprint density at radius 2 is 1.71 bits per heavy atom. The number of hydrogen-bond acceptors (Lipinski definition) is 6. The van der Waals surface area contributed by atoms with Crippen LogP contribution in [0.3, 0.4) is 0 Å². The molecular formula is C34H45N3O6SSi. The highest BCUT2D eigenvalue weighted by molar-refractivity contribution is 7.92. The van der Waals surface area contributed by atoms with Gasteiger partial charge >= 0.3 is 5.97 Å². The summed E-state index contributed by atoms with van der Waals surface area (Å²) in [6.45, 7) is 9.52. The third kappa shape index (κ3) is 9.20. The number of aromatic amines is 1. The quantitative estimate of drug-likeness (QED) is 0.0897. The summed E-state index contributed by atoms with van der Waals surface area (Å²) in [5, 5.41) is 14.0. The molecule has 0 amide bonds. The molecule has 0 radical (unpaired) electrons. The lowest BCUT2D eigenvalue weighted by atomic mass is 10.0. The van der Waals surface area contributed by atoms with Gasteiger partial charge in [0.25, 0.3) is 0 Å². The maximum atomic E-state index is 12.4. The summed E-state index contributed by atoms with van der Waals surface area (Å²) in [4.78, 5) is 14.6. The molecular weight excluding hydrogens is 607 g/mol. The molecule has 242 valence electrons. The van der Waals surface area contributed by atoms with E-state index in [1.54, 1.807) is 12.1 Å². The van der Waals surface area contributed by atoms with Crippen molar-refractivity contribution in [2.75, 3.05) is 17.5 Å². The first-order valence-electron chi connectivity index (χ1n) is 15.5. The van der Waals surface area contributed by atoms with E-state index in [0.717, 1.165) is 58.4 Å². The first-order chi connectivity index (χ1) is 21.5. The lowest BCUT2D eigenvalue weighted by molar-refractivity contribution is 0.0697. The van der Waals surface area contributed by atoms with Gasteiger partial charge < -0.3 is 24.6 Å². The Hall–Kier alpha value is -3.64. The van der Waals surface area contributed by atoms with Crippen molar-refractivity contribution >= 4 is 40.9 Å². The van der Waals surface area contributed by atoms with Gasteiger partial charge in [0.2, 0.25) is 10.0 Å². The minimum absolute atomic E-state index is 0.0808. The molecule has 11 heteroatoms. The fourth-order valence-electron chi connectivity index (χ4n) is 5.62. The molecule has 0 saturated heterocycles. The fourth-order valence-corrected chi connectivity index (χ4v) is 9.00. The standard InChI is InChI=1S/C34H45N3O6SSi/c1-6-45(7-2,8-3)43-33(22-35-24(4)18-28-21-36-30-20-27(34(38)39)14-16-29(28)30)26-15-17-32(31(19-26)37-44(5,40)41)42-23-25-12-10-9-11-13-25/h9-17,19-21,24,33,35-37H,6-8,18,22-23H2,1-5H3,(H,38,39). The number of anilines is 1. The van der Waals surface area contributed by atoms with Crippen LogP contribution in [0.15, 0.2) is 72.9 Å². The maximum absolute atomic E-state index is 12.4. The van der Waals surface area contributed by atoms with Crippen LogP contribution in [0, 0.1) is 0 Å². The average molecular weight is 652 g/mol. The largest absolute Gasteiger partial charge is 0.487 e. The Balaban J connectivity index is 1.58. The van der Waals surface area contributed by atoms with Crippen LogP contribution in [-0.4, -0.2) is 51.6 Å². The van der Waals surface area contributed by atoms with Gasteiger partial charge in [0, 0.05) is 29.7 Å². The van der Waals surface area contributed by atoms with Gasteiger partial charge in [-0.15, -0.1) is 0 Å². The number of carboxylic acid groups (broad SMARTS) is 1. The summed E-state index contributed by atoms with van der Waals surface area (Å²) in [5.74, 6) is -0.505. The molecule has 0 aliphatic rings. The van der Waals surface area contributed by atoms with Crippen LogP contribution in [0.4, 0.5) is 5.69 Å². The Labute approximate surface area is 267 Å². The Kier molecular flexibility index (Phi) is 11.5. The highest BCUT2D eigenvalue weighted by Gasteiger charge is 2.33. The SMILES string of the molecule is CC[Si](CC)(CC)OC(CNC(C)Cc1c[nH]c2cc(C(=O)O)ccc12)c1ccc(OCc2ccccc2)c(NS(C)(=O)=O)c1. The van der Waals surface area contributed by atoms with Crippen molar-refractivity contribution in [2.24, 2.45) is 0 Å². The predicted molar refractivity (Wildman–Crippen MR) is 183 cm³/mol. The number of aromatic carboxylic acids is 1. The number of aromatic nitrogens is 1. The predicted octanol–water partition coefficient (Wildman–Crippen LogP) is 7.10. The second-order valence-corrected chi connectivity index (χ2v) is 18.1. The zero-order valence-electron chi connectivity index (χ0n) is 26.7. The van der Waals surface area contributed by atoms with Crippen molar-refractivity contribution in [2.45, 2.75) is 71.0 Å². The third-order valence-electron chi connectivity index (χ3n) is 8.43. The molecule has 2 atom stereocenters. The number of nitrogens with one attached hydrogen (secondary N) is 3. The van der Waals surface area contributed by atoms with Crippen molar-refractivity contribution in [1.82, 2.24) is 10.3 Å². The zero-order valence-corrected chi connectivity index (χ0v) is 28.5. The molecule has 1 aromatic heterocycles. The molecule has 4 aromatic rings. The number of hydrogen-bond donors (Lipinski definition) is 4. The number of ether oxygens (including phenoxy) is 1. The minimum Gasteiger partial charge on any atom is -0.487 e. The first kappa shape index (κ1) is 34.2. The number of sulfonamides is 1. The molecule has 0 bridgehead atoms. The normalized spacial score (nSPS) is 13.4. The van der Waals surface area contributed by atoms with Gasteiger partial charge in [-0.2, -0.15) is 0 Å². The van der Waals surface area contributed by atoms with Gasteiger partial charge in [-0.1, -0.05) is 63.2 Å². The molecule has 3 aromatic carbocycles. The van der Waals surface area contributed by atoms with Crippen LogP contribution in [0.25, 0.3) is 10.9 Å². The molecule has 4 rings (SSSR count). The van der Waals surface area contributed by atoms with Crippen LogP contribution in [-0.2, 0) is 27.5 Å². The second-order valence-electron chi connectivity index (χ2n) is 11.6. The van der Waals surface area contributed by atoms with Gasteiger partial charge in [0.15, 0.2) is 8.32 Å². The number of carbonyl (C=O) groups is 1. The molecule has 0 spiro atoms. The number of carboxylic acids is 1. The van der Waals surface area contributed by atoms with E-state index in [-0.39, 0.29) is 17.7 Å². The number of rotatable bonds is 17. The van der Waals surface area contributed by atoms with Crippen LogP contribution in [0.1, 0.15) is 60.8 Å². The summed E-state index contributed by atoms with van der Waals surface area (Å²) in [6.07, 6.45) is 3.49. The van der Waals surface area contributed by atoms with E-state index in [1.165, 1.54) is 0 Å². The van der Waals surface area contributed by atoms with E-state index < -0.39 is 24.3 Å². The lowest BCUT2D eigenvalue weighted by Crippen LogP contribution is -2.41. The molecule has 0 fully saturated rings. The highest BCUT2D eigenvalue weighted by Crippen LogP contribution is 2.35. The summed E-state index contributed by atoms with van der Waals surface area (Å²) < 4.78 is 40.4. The summed E-state index contributed by atoms with van der Waals surface area (Å²) in [6, 6.07) is 23.5. The highest BCUT2D eigenvalue weighted by atomic mass is 32.2. The van der Waals surface area contributed by atoms with E-state index in [0.29, 0.717) is 24.6 Å². The van der Waals surface area contributed by atoms with Crippen LogP contribution < -0.4 is 14.8 Å². The van der Waals surface area contributed by atoms with Gasteiger partial charge in [0.1, 0.15) is 12.4 Å². The van der Waals surface area contributed by atoms with E-state index in [2.05, 4.69) is 42.7 Å². The Morgan fingerprint density at radius 3 is 2.36 bits per heavy atom. The van der Waals surface area contributed by atoms with Crippen molar-refractivity contribution in [1.29, 1.82) is 0 Å². The van der Waals surface area contributed by atoms with Crippen LogP contribution >= 0.6 is 0 Å². The van der Waals surface area contributed by atoms with Gasteiger partial charge in [0.05, 0.1) is 23.6 Å². The summed E-state index contributed by atoms with van der Waals surface area (Å²) in [5.41, 5.74) is 4.37. The van der Waals surface area contributed by atoms with Crippen molar-refractivity contribution in [3.05, 3.63) is 95.2 Å². The van der Waals surface area contributed by atoms with Gasteiger partial charge in [-0.25, -0.2) is 13.2 Å². The monoisotopic (exact) mass is 651 g/mol. The minimum atomic E-state index is -3.57. The Morgan fingerprint density at radius 1 is 1.00 bits per heavy atom. The van der Waals surface area contributed by atoms with Crippen molar-refractivity contribution < 1.29 is 27.5 Å². The van der Waals surface area contributed by atoms with Crippen LogP contribution in [0.5, 0.6) is 5.75 Å². The lowest BCUT2D eigenvalue weighted by Gasteiger charge is -2.34. The average Bonchev–Trinajstić information content (AvgIpc) is 3.42. The molecule has 1 heterocycles. The molecule has 0 saturated carbocycles. The molecule has 2 unspecified atom stereocenters. The Bertz CT molecular complexity index is 1680. The summed E-state index contributed by atoms with van der Waals surface area (Å²) in [7, 11) is -5.62. The van der Waals surface area contributed by atoms with Gasteiger partial charge in [-0.05, 0) is 72.4 Å². The molecule has 9 nitrogen and oxygen atoms in total. The van der Waals surface area contributed by atoms with E-state index in [9.17, 15) is 18.3 Å². The smallest absolute Gasteiger partial charge is 0.335 e. The van der Waals surface area contributed by atoms with E-state index in [1.807, 2.05) is 60.8 Å². The van der Waals surface area contributed by atoms with Crippen LogP contribution in [0.2, 0.25) is 18.1 Å². The molecule has 45 heavy (non-hydrogen) atoms. The van der Waals surface area contributed by atoms with E-state index >= 15 is 0 Å².